The second kappa shape index (κ2) is 8.33. The number of pyridine rings is 1. The van der Waals surface area contributed by atoms with Crippen molar-refractivity contribution in [3.63, 3.8) is 0 Å². The van der Waals surface area contributed by atoms with Crippen LogP contribution in [0.25, 0.3) is 16.3 Å². The standard InChI is InChI=1S/C22H22N4O2S/c1-22(2,3)26(21(27)28)14-16-8-10-17-18(12-16)29-20(25-17)7-5-4-6-15-9-11-19(23)24-13-15/h5,7-13H,14H2,1-3H3,(H2,23,24)(H,27,28)/b7-5+. The highest BCUT2D eigenvalue weighted by molar-refractivity contribution is 7.19. The van der Waals surface area contributed by atoms with Crippen molar-refractivity contribution in [2.45, 2.75) is 32.9 Å². The van der Waals surface area contributed by atoms with Gasteiger partial charge in [-0.3, -0.25) is 4.90 Å². The summed E-state index contributed by atoms with van der Waals surface area (Å²) in [7, 11) is 0. The summed E-state index contributed by atoms with van der Waals surface area (Å²) in [6.07, 6.45) is 4.31. The van der Waals surface area contributed by atoms with E-state index in [1.807, 2.05) is 51.1 Å². The molecule has 1 aromatic carbocycles. The van der Waals surface area contributed by atoms with Crippen LogP contribution in [-0.2, 0) is 6.54 Å². The normalized spacial score (nSPS) is 11.4. The number of anilines is 1. The Morgan fingerprint density at radius 3 is 2.76 bits per heavy atom. The van der Waals surface area contributed by atoms with Gasteiger partial charge in [0, 0.05) is 23.8 Å². The second-order valence-electron chi connectivity index (χ2n) is 7.47. The number of benzene rings is 1. The van der Waals surface area contributed by atoms with Crippen LogP contribution in [0.3, 0.4) is 0 Å². The average Bonchev–Trinajstić information content (AvgIpc) is 3.05. The lowest BCUT2D eigenvalue weighted by atomic mass is 10.1. The van der Waals surface area contributed by atoms with Gasteiger partial charge in [0.1, 0.15) is 10.8 Å². The first-order valence-electron chi connectivity index (χ1n) is 9.02. The SMILES string of the molecule is CC(C)(C)N(Cc1ccc2nc(/C=C/C#Cc3ccc(N)nc3)sc2c1)C(=O)O. The van der Waals surface area contributed by atoms with Gasteiger partial charge in [0.05, 0.1) is 10.2 Å². The van der Waals surface area contributed by atoms with E-state index in [1.165, 1.54) is 4.90 Å². The first kappa shape index (κ1) is 20.4. The summed E-state index contributed by atoms with van der Waals surface area (Å²) >= 11 is 1.54. The molecule has 0 bridgehead atoms. The molecule has 29 heavy (non-hydrogen) atoms. The van der Waals surface area contributed by atoms with E-state index in [2.05, 4.69) is 21.8 Å². The zero-order chi connectivity index (χ0) is 21.0. The maximum Gasteiger partial charge on any atom is 0.408 e. The summed E-state index contributed by atoms with van der Waals surface area (Å²) in [4.78, 5) is 21.6. The Balaban J connectivity index is 1.75. The van der Waals surface area contributed by atoms with Crippen LogP contribution >= 0.6 is 11.3 Å². The number of fused-ring (bicyclic) bond motifs is 1. The maximum absolute atomic E-state index is 11.6. The van der Waals surface area contributed by atoms with E-state index in [0.717, 1.165) is 26.4 Å². The van der Waals surface area contributed by atoms with Gasteiger partial charge in [-0.25, -0.2) is 14.8 Å². The van der Waals surface area contributed by atoms with Crippen molar-refractivity contribution in [1.82, 2.24) is 14.9 Å². The van der Waals surface area contributed by atoms with Crippen molar-refractivity contribution in [2.75, 3.05) is 5.73 Å². The van der Waals surface area contributed by atoms with Gasteiger partial charge in [-0.2, -0.15) is 0 Å². The fourth-order valence-corrected chi connectivity index (χ4v) is 3.58. The third-order valence-corrected chi connectivity index (χ3v) is 5.15. The number of carboxylic acid groups (broad SMARTS) is 1. The molecule has 3 rings (SSSR count). The minimum Gasteiger partial charge on any atom is -0.465 e. The summed E-state index contributed by atoms with van der Waals surface area (Å²) in [5.41, 5.74) is 7.69. The lowest BCUT2D eigenvalue weighted by Crippen LogP contribution is -2.44. The zero-order valence-corrected chi connectivity index (χ0v) is 17.3. The van der Waals surface area contributed by atoms with Crippen LogP contribution in [0.5, 0.6) is 0 Å². The van der Waals surface area contributed by atoms with E-state index in [-0.39, 0.29) is 0 Å². The van der Waals surface area contributed by atoms with Crippen molar-refractivity contribution in [1.29, 1.82) is 0 Å². The molecule has 148 valence electrons. The molecule has 2 heterocycles. The first-order chi connectivity index (χ1) is 13.7. The van der Waals surface area contributed by atoms with E-state index >= 15 is 0 Å². The summed E-state index contributed by atoms with van der Waals surface area (Å²) in [5, 5.41) is 10.3. The number of hydrogen-bond acceptors (Lipinski definition) is 5. The maximum atomic E-state index is 11.6. The van der Waals surface area contributed by atoms with Crippen molar-refractivity contribution < 1.29 is 9.90 Å². The van der Waals surface area contributed by atoms with Gasteiger partial charge in [0.15, 0.2) is 0 Å². The predicted octanol–water partition coefficient (Wildman–Crippen LogP) is 4.62. The number of nitrogen functional groups attached to an aromatic ring is 1. The predicted molar refractivity (Wildman–Crippen MR) is 118 cm³/mol. The fraction of sp³-hybridized carbons (Fsp3) is 0.227. The van der Waals surface area contributed by atoms with Crippen LogP contribution in [0.2, 0.25) is 0 Å². The number of hydrogen-bond donors (Lipinski definition) is 2. The highest BCUT2D eigenvalue weighted by Crippen LogP contribution is 2.26. The van der Waals surface area contributed by atoms with E-state index < -0.39 is 11.6 Å². The number of allylic oxidation sites excluding steroid dienone is 1. The van der Waals surface area contributed by atoms with Crippen molar-refractivity contribution in [3.05, 3.63) is 58.7 Å². The van der Waals surface area contributed by atoms with Gasteiger partial charge in [0.25, 0.3) is 0 Å². The van der Waals surface area contributed by atoms with Crippen LogP contribution in [-0.4, -0.2) is 31.6 Å². The number of amides is 1. The Kier molecular flexibility index (Phi) is 5.85. The molecule has 7 heteroatoms. The molecule has 3 N–H and O–H groups in total. The van der Waals surface area contributed by atoms with Crippen molar-refractivity contribution >= 4 is 39.5 Å². The Morgan fingerprint density at radius 1 is 1.31 bits per heavy atom. The molecule has 0 saturated carbocycles. The molecule has 1 amide bonds. The fourth-order valence-electron chi connectivity index (χ4n) is 2.65. The Morgan fingerprint density at radius 2 is 2.10 bits per heavy atom. The monoisotopic (exact) mass is 406 g/mol. The van der Waals surface area contributed by atoms with Crippen LogP contribution in [0.4, 0.5) is 10.6 Å². The molecule has 0 unspecified atom stereocenters. The highest BCUT2D eigenvalue weighted by atomic mass is 32.1. The van der Waals surface area contributed by atoms with Gasteiger partial charge in [0.2, 0.25) is 0 Å². The highest BCUT2D eigenvalue weighted by Gasteiger charge is 2.26. The van der Waals surface area contributed by atoms with Crippen LogP contribution < -0.4 is 5.73 Å². The average molecular weight is 407 g/mol. The molecule has 6 nitrogen and oxygen atoms in total. The summed E-state index contributed by atoms with van der Waals surface area (Å²) in [5.74, 6) is 6.42. The number of nitrogens with zero attached hydrogens (tertiary/aromatic N) is 3. The van der Waals surface area contributed by atoms with Crippen molar-refractivity contribution in [3.8, 4) is 11.8 Å². The lowest BCUT2D eigenvalue weighted by Gasteiger charge is -2.33. The zero-order valence-electron chi connectivity index (χ0n) is 16.5. The first-order valence-corrected chi connectivity index (χ1v) is 9.84. The number of rotatable bonds is 3. The van der Waals surface area contributed by atoms with Crippen LogP contribution in [0, 0.1) is 11.8 Å². The molecular formula is C22H22N4O2S. The quantitative estimate of drug-likeness (QED) is 0.619. The largest absolute Gasteiger partial charge is 0.465 e. The number of carbonyl (C=O) groups is 1. The Bertz CT molecular complexity index is 1120. The molecule has 3 aromatic rings. The minimum absolute atomic E-state index is 0.332. The third kappa shape index (κ3) is 5.33. The molecule has 0 saturated heterocycles. The Labute approximate surface area is 173 Å². The number of aromatic nitrogens is 2. The minimum atomic E-state index is -0.930. The summed E-state index contributed by atoms with van der Waals surface area (Å²) in [6.45, 7) is 5.99. The van der Waals surface area contributed by atoms with Gasteiger partial charge >= 0.3 is 6.09 Å². The summed E-state index contributed by atoms with van der Waals surface area (Å²) < 4.78 is 1.01. The smallest absolute Gasteiger partial charge is 0.408 e. The number of thiazole rings is 1. The molecule has 0 aliphatic heterocycles. The van der Waals surface area contributed by atoms with Crippen LogP contribution in [0.1, 0.15) is 36.9 Å². The van der Waals surface area contributed by atoms with Gasteiger partial charge < -0.3 is 10.8 Å². The van der Waals surface area contributed by atoms with E-state index in [4.69, 9.17) is 5.73 Å². The molecule has 0 atom stereocenters. The van der Waals surface area contributed by atoms with E-state index in [9.17, 15) is 9.90 Å². The Hall–Kier alpha value is -3.37. The lowest BCUT2D eigenvalue weighted by molar-refractivity contribution is 0.0956. The van der Waals surface area contributed by atoms with Gasteiger partial charge in [-0.1, -0.05) is 17.9 Å². The van der Waals surface area contributed by atoms with E-state index in [1.54, 1.807) is 29.7 Å². The number of nitrogens with two attached hydrogens (primary N) is 1. The van der Waals surface area contributed by atoms with Crippen LogP contribution in [0.15, 0.2) is 42.6 Å². The third-order valence-electron chi connectivity index (χ3n) is 4.16. The van der Waals surface area contributed by atoms with Gasteiger partial charge in [-0.15, -0.1) is 11.3 Å². The van der Waals surface area contributed by atoms with Crippen molar-refractivity contribution in [2.24, 2.45) is 0 Å². The molecule has 0 spiro atoms. The topological polar surface area (TPSA) is 92.3 Å². The van der Waals surface area contributed by atoms with E-state index in [0.29, 0.717) is 12.4 Å². The second-order valence-corrected chi connectivity index (χ2v) is 8.53. The molecule has 0 aliphatic carbocycles. The van der Waals surface area contributed by atoms with Gasteiger partial charge in [-0.05, 0) is 62.8 Å². The summed E-state index contributed by atoms with van der Waals surface area (Å²) in [6, 6.07) is 9.38. The molecular weight excluding hydrogens is 384 g/mol. The molecule has 0 fully saturated rings. The molecule has 0 aliphatic rings. The molecule has 0 radical (unpaired) electrons. The molecule has 2 aromatic heterocycles.